The second kappa shape index (κ2) is 6.23. The number of nitrogens with zero attached hydrogens (tertiary/aromatic N) is 1. The van der Waals surface area contributed by atoms with Crippen molar-refractivity contribution in [2.45, 2.75) is 19.9 Å². The van der Waals surface area contributed by atoms with Gasteiger partial charge < -0.3 is 5.32 Å². The molecule has 1 amide bonds. The Morgan fingerprint density at radius 1 is 1.15 bits per heavy atom. The summed E-state index contributed by atoms with van der Waals surface area (Å²) in [5, 5.41) is 2.52. The minimum atomic E-state index is -0.984. The molecule has 2 aromatic rings. The van der Waals surface area contributed by atoms with E-state index in [1.807, 2.05) is 24.5 Å². The predicted octanol–water partition coefficient (Wildman–Crippen LogP) is 2.45. The van der Waals surface area contributed by atoms with Gasteiger partial charge in [-0.3, -0.25) is 4.79 Å². The van der Waals surface area contributed by atoms with Crippen molar-refractivity contribution < 1.29 is 18.1 Å². The fourth-order valence-electron chi connectivity index (χ4n) is 1.77. The third kappa shape index (κ3) is 3.60. The van der Waals surface area contributed by atoms with Crippen LogP contribution in [-0.2, 0) is 17.8 Å². The van der Waals surface area contributed by atoms with E-state index in [2.05, 4.69) is 12.2 Å². The molecule has 3 nitrogen and oxygen atoms in total. The number of carbonyl (C=O) groups is 1. The molecule has 0 atom stereocenters. The summed E-state index contributed by atoms with van der Waals surface area (Å²) in [6, 6.07) is 7.13. The van der Waals surface area contributed by atoms with Crippen LogP contribution >= 0.6 is 0 Å². The molecule has 0 saturated carbocycles. The van der Waals surface area contributed by atoms with Crippen LogP contribution in [0.4, 0.5) is 14.5 Å². The molecule has 104 valence electrons. The summed E-state index contributed by atoms with van der Waals surface area (Å²) in [4.78, 5) is 11.8. The highest BCUT2D eigenvalue weighted by molar-refractivity contribution is 5.89. The number of benzene rings is 1. The van der Waals surface area contributed by atoms with Gasteiger partial charge >= 0.3 is 0 Å². The van der Waals surface area contributed by atoms with Gasteiger partial charge in [0, 0.05) is 23.9 Å². The normalized spacial score (nSPS) is 10.3. The Balaban J connectivity index is 1.99. The van der Waals surface area contributed by atoms with Crippen LogP contribution in [0.3, 0.4) is 0 Å². The minimum absolute atomic E-state index is 0.114. The van der Waals surface area contributed by atoms with Gasteiger partial charge in [-0.2, -0.15) is 4.57 Å². The first-order valence-electron chi connectivity index (χ1n) is 6.31. The van der Waals surface area contributed by atoms with Gasteiger partial charge in [-0.05, 0) is 24.1 Å². The van der Waals surface area contributed by atoms with Crippen LogP contribution in [0.1, 0.15) is 12.5 Å². The summed E-state index contributed by atoms with van der Waals surface area (Å²) in [6.45, 7) is 2.17. The molecular weight excluding hydrogens is 262 g/mol. The highest BCUT2D eigenvalue weighted by atomic mass is 19.2. The molecule has 2 rings (SSSR count). The van der Waals surface area contributed by atoms with Gasteiger partial charge in [-0.25, -0.2) is 8.78 Å². The molecule has 1 N–H and O–H groups in total. The Morgan fingerprint density at radius 2 is 1.85 bits per heavy atom. The Morgan fingerprint density at radius 3 is 2.45 bits per heavy atom. The molecular formula is C15H15F2N2O+. The first kappa shape index (κ1) is 14.1. The predicted molar refractivity (Wildman–Crippen MR) is 71.0 cm³/mol. The van der Waals surface area contributed by atoms with Crippen LogP contribution in [0.25, 0.3) is 0 Å². The van der Waals surface area contributed by atoms with Gasteiger partial charge in [0.05, 0.1) is 0 Å². The number of pyridine rings is 1. The molecule has 0 saturated heterocycles. The monoisotopic (exact) mass is 277 g/mol. The topological polar surface area (TPSA) is 33.0 Å². The molecule has 1 aromatic carbocycles. The van der Waals surface area contributed by atoms with Crippen molar-refractivity contribution in [3.8, 4) is 0 Å². The van der Waals surface area contributed by atoms with Crippen LogP contribution < -0.4 is 9.88 Å². The average Bonchev–Trinajstić information content (AvgIpc) is 2.44. The number of carbonyl (C=O) groups excluding carboxylic acids is 1. The number of aromatic nitrogens is 1. The number of nitrogens with one attached hydrogen (secondary N) is 1. The number of halogens is 2. The highest BCUT2D eigenvalue weighted by Crippen LogP contribution is 2.12. The molecule has 0 aliphatic rings. The lowest BCUT2D eigenvalue weighted by molar-refractivity contribution is -0.684. The van der Waals surface area contributed by atoms with E-state index in [1.54, 1.807) is 4.57 Å². The van der Waals surface area contributed by atoms with E-state index in [0.29, 0.717) is 0 Å². The first-order chi connectivity index (χ1) is 9.58. The van der Waals surface area contributed by atoms with Crippen molar-refractivity contribution >= 4 is 11.6 Å². The molecule has 0 unspecified atom stereocenters. The maximum atomic E-state index is 13.0. The summed E-state index contributed by atoms with van der Waals surface area (Å²) in [7, 11) is 0. The van der Waals surface area contributed by atoms with Gasteiger partial charge in [0.2, 0.25) is 6.54 Å². The van der Waals surface area contributed by atoms with Crippen molar-refractivity contribution in [1.29, 1.82) is 0 Å². The largest absolute Gasteiger partial charge is 0.320 e. The van der Waals surface area contributed by atoms with E-state index in [9.17, 15) is 13.6 Å². The summed E-state index contributed by atoms with van der Waals surface area (Å²) in [5.41, 5.74) is 1.42. The summed E-state index contributed by atoms with van der Waals surface area (Å²) >= 11 is 0. The maximum absolute atomic E-state index is 13.0. The van der Waals surface area contributed by atoms with E-state index in [-0.39, 0.29) is 18.1 Å². The Bertz CT molecular complexity index is 612. The van der Waals surface area contributed by atoms with E-state index in [1.165, 1.54) is 11.6 Å². The summed E-state index contributed by atoms with van der Waals surface area (Å²) < 4.78 is 27.5. The van der Waals surface area contributed by atoms with Crippen LogP contribution in [0.5, 0.6) is 0 Å². The zero-order valence-corrected chi connectivity index (χ0v) is 11.1. The molecule has 20 heavy (non-hydrogen) atoms. The van der Waals surface area contributed by atoms with Gasteiger partial charge in [-0.1, -0.05) is 6.92 Å². The van der Waals surface area contributed by atoms with Gasteiger partial charge in [0.15, 0.2) is 24.0 Å². The zero-order valence-electron chi connectivity index (χ0n) is 11.1. The molecule has 5 heteroatoms. The van der Waals surface area contributed by atoms with Crippen molar-refractivity contribution in [2.75, 3.05) is 5.32 Å². The van der Waals surface area contributed by atoms with Crippen molar-refractivity contribution in [1.82, 2.24) is 0 Å². The van der Waals surface area contributed by atoms with E-state index in [0.717, 1.165) is 18.6 Å². The third-order valence-corrected chi connectivity index (χ3v) is 2.90. The van der Waals surface area contributed by atoms with Crippen LogP contribution in [0, 0.1) is 11.6 Å². The van der Waals surface area contributed by atoms with E-state index in [4.69, 9.17) is 0 Å². The lowest BCUT2D eigenvalue weighted by Crippen LogP contribution is -2.39. The summed E-state index contributed by atoms with van der Waals surface area (Å²) in [5.74, 6) is -2.22. The first-order valence-corrected chi connectivity index (χ1v) is 6.31. The SMILES string of the molecule is CCc1cc[n+](CC(=O)Nc2ccc(F)c(F)c2)cc1. The second-order valence-electron chi connectivity index (χ2n) is 4.41. The molecule has 1 heterocycles. The third-order valence-electron chi connectivity index (χ3n) is 2.90. The number of hydrogen-bond donors (Lipinski definition) is 1. The molecule has 0 aliphatic carbocycles. The second-order valence-corrected chi connectivity index (χ2v) is 4.41. The Kier molecular flexibility index (Phi) is 4.40. The van der Waals surface area contributed by atoms with E-state index < -0.39 is 11.6 Å². The molecule has 0 radical (unpaired) electrons. The quantitative estimate of drug-likeness (QED) is 0.856. The maximum Gasteiger partial charge on any atom is 0.290 e. The number of amides is 1. The number of rotatable bonds is 4. The van der Waals surface area contributed by atoms with Gasteiger partial charge in [0.1, 0.15) is 0 Å². The van der Waals surface area contributed by atoms with Crippen molar-refractivity contribution in [3.05, 3.63) is 59.9 Å². The van der Waals surface area contributed by atoms with E-state index >= 15 is 0 Å². The molecule has 0 spiro atoms. The van der Waals surface area contributed by atoms with Crippen LogP contribution in [0.2, 0.25) is 0 Å². The van der Waals surface area contributed by atoms with Crippen LogP contribution in [-0.4, -0.2) is 5.91 Å². The molecule has 0 bridgehead atoms. The molecule has 0 fully saturated rings. The van der Waals surface area contributed by atoms with Gasteiger partial charge in [-0.15, -0.1) is 0 Å². The fourth-order valence-corrected chi connectivity index (χ4v) is 1.77. The lowest BCUT2D eigenvalue weighted by Gasteiger charge is -2.03. The van der Waals surface area contributed by atoms with Crippen LogP contribution in [0.15, 0.2) is 42.7 Å². The standard InChI is InChI=1S/C15H14F2N2O/c1-2-11-5-7-19(8-6-11)10-15(20)18-12-3-4-13(16)14(17)9-12/h3-9H,2,10H2,1H3/p+1. The zero-order chi connectivity index (χ0) is 14.5. The molecule has 0 aliphatic heterocycles. The van der Waals surface area contributed by atoms with Crippen molar-refractivity contribution in [2.24, 2.45) is 0 Å². The number of hydrogen-bond acceptors (Lipinski definition) is 1. The Labute approximate surface area is 115 Å². The number of anilines is 1. The Hall–Kier alpha value is -2.30. The number of aryl methyl sites for hydroxylation is 1. The smallest absolute Gasteiger partial charge is 0.290 e. The molecule has 1 aromatic heterocycles. The average molecular weight is 277 g/mol. The van der Waals surface area contributed by atoms with Gasteiger partial charge in [0.25, 0.3) is 5.91 Å². The lowest BCUT2D eigenvalue weighted by atomic mass is 10.2. The highest BCUT2D eigenvalue weighted by Gasteiger charge is 2.10. The fraction of sp³-hybridized carbons (Fsp3) is 0.200. The van der Waals surface area contributed by atoms with Crippen molar-refractivity contribution in [3.63, 3.8) is 0 Å². The summed E-state index contributed by atoms with van der Waals surface area (Å²) in [6.07, 6.45) is 4.55. The minimum Gasteiger partial charge on any atom is -0.320 e.